The van der Waals surface area contributed by atoms with E-state index < -0.39 is 18.5 Å². The van der Waals surface area contributed by atoms with Crippen LogP contribution in [0.3, 0.4) is 0 Å². The van der Waals surface area contributed by atoms with Crippen molar-refractivity contribution in [3.05, 3.63) is 59.4 Å². The van der Waals surface area contributed by atoms with Crippen molar-refractivity contribution in [3.63, 3.8) is 0 Å². The van der Waals surface area contributed by atoms with Crippen LogP contribution in [0.1, 0.15) is 21.7 Å². The van der Waals surface area contributed by atoms with Gasteiger partial charge in [-0.3, -0.25) is 4.79 Å². The molecule has 0 atom stereocenters. The van der Waals surface area contributed by atoms with Crippen LogP contribution < -0.4 is 10.1 Å². The van der Waals surface area contributed by atoms with E-state index in [4.69, 9.17) is 13.9 Å². The summed E-state index contributed by atoms with van der Waals surface area (Å²) in [6.45, 7) is 3.29. The van der Waals surface area contributed by atoms with E-state index in [0.717, 1.165) is 10.9 Å². The zero-order valence-electron chi connectivity index (χ0n) is 14.8. The number of carbonyl (C=O) groups excluding carboxylic acids is 2. The van der Waals surface area contributed by atoms with Gasteiger partial charge in [-0.2, -0.15) is 0 Å². The molecule has 0 fully saturated rings. The van der Waals surface area contributed by atoms with Crippen molar-refractivity contribution in [1.82, 2.24) is 0 Å². The summed E-state index contributed by atoms with van der Waals surface area (Å²) in [7, 11) is 1.57. The lowest BCUT2D eigenvalue weighted by molar-refractivity contribution is -0.119. The van der Waals surface area contributed by atoms with Crippen LogP contribution in [-0.2, 0) is 9.53 Å². The Kier molecular flexibility index (Phi) is 4.93. The van der Waals surface area contributed by atoms with Gasteiger partial charge < -0.3 is 19.2 Å². The number of ether oxygens (including phenoxy) is 2. The molecule has 6 nitrogen and oxygen atoms in total. The van der Waals surface area contributed by atoms with E-state index in [1.165, 1.54) is 0 Å². The van der Waals surface area contributed by atoms with Crippen molar-refractivity contribution >= 4 is 28.5 Å². The molecule has 3 rings (SSSR count). The minimum atomic E-state index is -0.683. The number of amides is 1. The quantitative estimate of drug-likeness (QED) is 0.705. The molecule has 0 aliphatic rings. The molecule has 0 bridgehead atoms. The zero-order chi connectivity index (χ0) is 18.7. The number of carbonyl (C=O) groups is 2. The van der Waals surface area contributed by atoms with E-state index in [-0.39, 0.29) is 5.76 Å². The summed E-state index contributed by atoms with van der Waals surface area (Å²) in [6.07, 6.45) is 0. The smallest absolute Gasteiger partial charge is 0.375 e. The minimum absolute atomic E-state index is 0.0802. The van der Waals surface area contributed by atoms with Gasteiger partial charge in [-0.05, 0) is 49.7 Å². The highest BCUT2D eigenvalue weighted by Gasteiger charge is 2.20. The number of anilines is 1. The molecule has 0 radical (unpaired) electrons. The highest BCUT2D eigenvalue weighted by atomic mass is 16.5. The highest BCUT2D eigenvalue weighted by molar-refractivity contribution is 5.98. The predicted octanol–water partition coefficient (Wildman–Crippen LogP) is 3.85. The molecule has 3 aromatic rings. The van der Waals surface area contributed by atoms with Gasteiger partial charge in [-0.15, -0.1) is 0 Å². The third kappa shape index (κ3) is 3.69. The summed E-state index contributed by atoms with van der Waals surface area (Å²) in [5, 5.41) is 3.45. The first-order valence-corrected chi connectivity index (χ1v) is 8.08. The van der Waals surface area contributed by atoms with E-state index in [1.54, 1.807) is 38.3 Å². The molecule has 1 aromatic heterocycles. The Morgan fingerprint density at radius 3 is 2.65 bits per heavy atom. The third-order valence-electron chi connectivity index (χ3n) is 3.96. The third-order valence-corrected chi connectivity index (χ3v) is 3.96. The molecular formula is C20H19NO5. The number of rotatable bonds is 5. The monoisotopic (exact) mass is 353 g/mol. The van der Waals surface area contributed by atoms with Gasteiger partial charge in [0.15, 0.2) is 6.61 Å². The highest BCUT2D eigenvalue weighted by Crippen LogP contribution is 2.29. The molecule has 1 heterocycles. The Hall–Kier alpha value is -3.28. The van der Waals surface area contributed by atoms with Crippen molar-refractivity contribution in [2.24, 2.45) is 0 Å². The van der Waals surface area contributed by atoms with Gasteiger partial charge in [0.1, 0.15) is 11.3 Å². The topological polar surface area (TPSA) is 77.8 Å². The molecule has 6 heteroatoms. The summed E-state index contributed by atoms with van der Waals surface area (Å²) in [5.41, 5.74) is 2.87. The van der Waals surface area contributed by atoms with Gasteiger partial charge in [0.2, 0.25) is 5.76 Å². The number of nitrogens with one attached hydrogen (secondary N) is 1. The van der Waals surface area contributed by atoms with Gasteiger partial charge in [0, 0.05) is 16.6 Å². The predicted molar refractivity (Wildman–Crippen MR) is 97.6 cm³/mol. The number of fused-ring (bicyclic) bond motifs is 1. The first-order chi connectivity index (χ1) is 12.5. The Labute approximate surface area is 150 Å². The van der Waals surface area contributed by atoms with Crippen molar-refractivity contribution in [2.75, 3.05) is 19.0 Å². The number of benzene rings is 2. The number of aryl methyl sites for hydroxylation is 2. The SMILES string of the molecule is COc1ccc2oc(C(=O)OCC(=O)Nc3cccc(C)c3)c(C)c2c1. The van der Waals surface area contributed by atoms with Gasteiger partial charge in [-0.25, -0.2) is 4.79 Å². The number of esters is 1. The van der Waals surface area contributed by atoms with E-state index in [9.17, 15) is 9.59 Å². The van der Waals surface area contributed by atoms with E-state index in [0.29, 0.717) is 22.6 Å². The average molecular weight is 353 g/mol. The maximum Gasteiger partial charge on any atom is 0.375 e. The minimum Gasteiger partial charge on any atom is -0.497 e. The summed E-state index contributed by atoms with van der Waals surface area (Å²) < 4.78 is 15.8. The molecular weight excluding hydrogens is 334 g/mol. The molecule has 26 heavy (non-hydrogen) atoms. The standard InChI is InChI=1S/C20H19NO5/c1-12-5-4-6-14(9-12)21-18(22)11-25-20(23)19-13(2)16-10-15(24-3)7-8-17(16)26-19/h4-10H,11H2,1-3H3,(H,21,22). The lowest BCUT2D eigenvalue weighted by Gasteiger charge is -2.06. The molecule has 0 aliphatic heterocycles. The maximum atomic E-state index is 12.3. The van der Waals surface area contributed by atoms with E-state index in [2.05, 4.69) is 5.32 Å². The van der Waals surface area contributed by atoms with Crippen LogP contribution in [0.5, 0.6) is 5.75 Å². The Balaban J connectivity index is 1.67. The Morgan fingerprint density at radius 1 is 1.12 bits per heavy atom. The average Bonchev–Trinajstić information content (AvgIpc) is 2.96. The van der Waals surface area contributed by atoms with Crippen molar-refractivity contribution in [1.29, 1.82) is 0 Å². The van der Waals surface area contributed by atoms with Crippen molar-refractivity contribution in [3.8, 4) is 5.75 Å². The van der Waals surface area contributed by atoms with Gasteiger partial charge >= 0.3 is 5.97 Å². The molecule has 0 spiro atoms. The second-order valence-electron chi connectivity index (χ2n) is 5.91. The molecule has 0 unspecified atom stereocenters. The summed E-state index contributed by atoms with van der Waals surface area (Å²) >= 11 is 0. The van der Waals surface area contributed by atoms with Crippen LogP contribution in [0, 0.1) is 13.8 Å². The number of hydrogen-bond acceptors (Lipinski definition) is 5. The fraction of sp³-hybridized carbons (Fsp3) is 0.200. The molecule has 0 saturated heterocycles. The first-order valence-electron chi connectivity index (χ1n) is 8.08. The fourth-order valence-corrected chi connectivity index (χ4v) is 2.64. The largest absolute Gasteiger partial charge is 0.497 e. The Bertz CT molecular complexity index is 973. The van der Waals surface area contributed by atoms with Crippen molar-refractivity contribution in [2.45, 2.75) is 13.8 Å². The molecule has 0 aliphatic carbocycles. The second-order valence-corrected chi connectivity index (χ2v) is 5.91. The first kappa shape index (κ1) is 17.5. The number of hydrogen-bond donors (Lipinski definition) is 1. The number of methoxy groups -OCH3 is 1. The van der Waals surface area contributed by atoms with E-state index in [1.807, 2.05) is 25.1 Å². The lowest BCUT2D eigenvalue weighted by atomic mass is 10.1. The van der Waals surface area contributed by atoms with Crippen LogP contribution in [-0.4, -0.2) is 25.6 Å². The molecule has 0 saturated carbocycles. The summed E-state index contributed by atoms with van der Waals surface area (Å²) in [4.78, 5) is 24.2. The van der Waals surface area contributed by atoms with Crippen LogP contribution in [0.25, 0.3) is 11.0 Å². The summed E-state index contributed by atoms with van der Waals surface area (Å²) in [6, 6.07) is 12.6. The van der Waals surface area contributed by atoms with Crippen LogP contribution in [0.15, 0.2) is 46.9 Å². The van der Waals surface area contributed by atoms with Gasteiger partial charge in [0.05, 0.1) is 7.11 Å². The summed E-state index contributed by atoms with van der Waals surface area (Å²) in [5.74, 6) is -0.355. The second kappa shape index (κ2) is 7.31. The van der Waals surface area contributed by atoms with E-state index >= 15 is 0 Å². The zero-order valence-corrected chi connectivity index (χ0v) is 14.8. The molecule has 2 aromatic carbocycles. The Morgan fingerprint density at radius 2 is 1.92 bits per heavy atom. The van der Waals surface area contributed by atoms with Crippen LogP contribution in [0.2, 0.25) is 0 Å². The maximum absolute atomic E-state index is 12.3. The van der Waals surface area contributed by atoms with Gasteiger partial charge in [0.25, 0.3) is 5.91 Å². The van der Waals surface area contributed by atoms with Gasteiger partial charge in [-0.1, -0.05) is 12.1 Å². The normalized spacial score (nSPS) is 10.6. The number of furan rings is 1. The van der Waals surface area contributed by atoms with Crippen LogP contribution >= 0.6 is 0 Å². The van der Waals surface area contributed by atoms with Crippen molar-refractivity contribution < 1.29 is 23.5 Å². The molecule has 1 amide bonds. The lowest BCUT2D eigenvalue weighted by Crippen LogP contribution is -2.21. The fourth-order valence-electron chi connectivity index (χ4n) is 2.64. The van der Waals surface area contributed by atoms with Crippen LogP contribution in [0.4, 0.5) is 5.69 Å². The molecule has 1 N–H and O–H groups in total. The molecule has 134 valence electrons.